The third-order valence-corrected chi connectivity index (χ3v) is 4.52. The summed E-state index contributed by atoms with van der Waals surface area (Å²) in [5, 5.41) is 6.93. The molecule has 1 aromatic rings. The summed E-state index contributed by atoms with van der Waals surface area (Å²) in [4.78, 5) is 14.6. The number of carbonyl (C=O) groups excluding carboxylic acids is 1. The molecule has 0 saturated carbocycles. The van der Waals surface area contributed by atoms with Crippen molar-refractivity contribution < 1.29 is 4.79 Å². The lowest BCUT2D eigenvalue weighted by atomic mass is 9.83. The Morgan fingerprint density at radius 2 is 2.26 bits per heavy atom. The van der Waals surface area contributed by atoms with E-state index in [0.717, 1.165) is 43.6 Å². The summed E-state index contributed by atoms with van der Waals surface area (Å²) in [7, 11) is 0. The number of hydrogen-bond donors (Lipinski definition) is 1. The molecule has 1 amide bonds. The molecule has 4 nitrogen and oxygen atoms in total. The molecule has 19 heavy (non-hydrogen) atoms. The molecule has 1 aliphatic carbocycles. The first-order valence-electron chi connectivity index (χ1n) is 7.16. The van der Waals surface area contributed by atoms with E-state index in [-0.39, 0.29) is 5.91 Å². The molecule has 4 heteroatoms. The number of aryl methyl sites for hydroxylation is 1. The quantitative estimate of drug-likeness (QED) is 0.829. The Kier molecular flexibility index (Phi) is 3.17. The fourth-order valence-corrected chi connectivity index (χ4v) is 3.39. The van der Waals surface area contributed by atoms with Crippen LogP contribution in [0.4, 0.5) is 0 Å². The number of allylic oxidation sites excluding steroid dienone is 2. The number of H-pyrrole nitrogens is 1. The SMILES string of the molecule is CCc1[nH]ncc1C(=O)N1C[C@H]2CC=C(C)C[C@H]2C1. The first-order valence-corrected chi connectivity index (χ1v) is 7.16. The van der Waals surface area contributed by atoms with Crippen molar-refractivity contribution in [1.82, 2.24) is 15.1 Å². The molecule has 1 N–H and O–H groups in total. The number of aromatic amines is 1. The Labute approximate surface area is 113 Å². The number of amides is 1. The smallest absolute Gasteiger partial charge is 0.257 e. The normalized spacial score (nSPS) is 26.2. The van der Waals surface area contributed by atoms with Gasteiger partial charge in [-0.3, -0.25) is 9.89 Å². The summed E-state index contributed by atoms with van der Waals surface area (Å²) >= 11 is 0. The van der Waals surface area contributed by atoms with Crippen molar-refractivity contribution >= 4 is 5.91 Å². The van der Waals surface area contributed by atoms with E-state index < -0.39 is 0 Å². The van der Waals surface area contributed by atoms with Gasteiger partial charge < -0.3 is 4.90 Å². The Bertz CT molecular complexity index is 517. The van der Waals surface area contributed by atoms with Crippen molar-refractivity contribution in [2.75, 3.05) is 13.1 Å². The lowest BCUT2D eigenvalue weighted by Gasteiger charge is -2.21. The number of nitrogens with one attached hydrogen (secondary N) is 1. The maximum atomic E-state index is 12.6. The molecule has 102 valence electrons. The van der Waals surface area contributed by atoms with Gasteiger partial charge in [-0.1, -0.05) is 18.6 Å². The van der Waals surface area contributed by atoms with Crippen LogP contribution in [0.15, 0.2) is 17.8 Å². The van der Waals surface area contributed by atoms with Crippen LogP contribution < -0.4 is 0 Å². The fourth-order valence-electron chi connectivity index (χ4n) is 3.39. The molecule has 3 rings (SSSR count). The van der Waals surface area contributed by atoms with Crippen molar-refractivity contribution in [3.05, 3.63) is 29.1 Å². The molecule has 1 fully saturated rings. The highest BCUT2D eigenvalue weighted by atomic mass is 16.2. The number of nitrogens with zero attached hydrogens (tertiary/aromatic N) is 2. The fraction of sp³-hybridized carbons (Fsp3) is 0.600. The van der Waals surface area contributed by atoms with E-state index in [0.29, 0.717) is 11.8 Å². The van der Waals surface area contributed by atoms with Gasteiger partial charge in [0, 0.05) is 18.8 Å². The third kappa shape index (κ3) is 2.20. The maximum absolute atomic E-state index is 12.6. The van der Waals surface area contributed by atoms with Gasteiger partial charge >= 0.3 is 0 Å². The van der Waals surface area contributed by atoms with Crippen LogP contribution in [-0.2, 0) is 6.42 Å². The number of hydrogen-bond acceptors (Lipinski definition) is 2. The van der Waals surface area contributed by atoms with Gasteiger partial charge in [0.2, 0.25) is 0 Å². The monoisotopic (exact) mass is 259 g/mol. The van der Waals surface area contributed by atoms with Crippen LogP contribution in [0.1, 0.15) is 42.7 Å². The third-order valence-electron chi connectivity index (χ3n) is 4.52. The van der Waals surface area contributed by atoms with Crippen molar-refractivity contribution in [3.8, 4) is 0 Å². The second-order valence-corrected chi connectivity index (χ2v) is 5.84. The summed E-state index contributed by atoms with van der Waals surface area (Å²) in [6.45, 7) is 6.05. The zero-order valence-electron chi connectivity index (χ0n) is 11.6. The highest BCUT2D eigenvalue weighted by Gasteiger charge is 2.37. The van der Waals surface area contributed by atoms with Crippen molar-refractivity contribution in [3.63, 3.8) is 0 Å². The number of rotatable bonds is 2. The van der Waals surface area contributed by atoms with E-state index in [4.69, 9.17) is 0 Å². The van der Waals surface area contributed by atoms with Gasteiger partial charge in [0.15, 0.2) is 0 Å². The molecule has 2 atom stereocenters. The molecule has 0 aromatic carbocycles. The van der Waals surface area contributed by atoms with E-state index in [9.17, 15) is 4.79 Å². The second kappa shape index (κ2) is 4.83. The molecule has 0 spiro atoms. The summed E-state index contributed by atoms with van der Waals surface area (Å²) in [5.74, 6) is 1.47. The van der Waals surface area contributed by atoms with Crippen LogP contribution in [0.25, 0.3) is 0 Å². The first-order chi connectivity index (χ1) is 9.19. The van der Waals surface area contributed by atoms with Crippen LogP contribution in [-0.4, -0.2) is 34.1 Å². The molecule has 1 aromatic heterocycles. The Balaban J connectivity index is 1.74. The van der Waals surface area contributed by atoms with Crippen LogP contribution >= 0.6 is 0 Å². The first kappa shape index (κ1) is 12.5. The van der Waals surface area contributed by atoms with E-state index >= 15 is 0 Å². The number of likely N-dealkylation sites (tertiary alicyclic amines) is 1. The lowest BCUT2D eigenvalue weighted by Crippen LogP contribution is -2.29. The van der Waals surface area contributed by atoms with Crippen molar-refractivity contribution in [2.24, 2.45) is 11.8 Å². The van der Waals surface area contributed by atoms with Crippen LogP contribution in [0, 0.1) is 11.8 Å². The van der Waals surface area contributed by atoms with Crippen molar-refractivity contribution in [2.45, 2.75) is 33.1 Å². The minimum absolute atomic E-state index is 0.151. The average Bonchev–Trinajstić information content (AvgIpc) is 3.03. The van der Waals surface area contributed by atoms with Crippen LogP contribution in [0.3, 0.4) is 0 Å². The van der Waals surface area contributed by atoms with E-state index in [2.05, 4.69) is 23.2 Å². The van der Waals surface area contributed by atoms with Gasteiger partial charge in [-0.25, -0.2) is 0 Å². The van der Waals surface area contributed by atoms with E-state index in [1.54, 1.807) is 6.20 Å². The molecule has 1 aliphatic heterocycles. The molecule has 0 radical (unpaired) electrons. The summed E-state index contributed by atoms with van der Waals surface area (Å²) in [6.07, 6.45) is 7.12. The summed E-state index contributed by atoms with van der Waals surface area (Å²) < 4.78 is 0. The van der Waals surface area contributed by atoms with Crippen molar-refractivity contribution in [1.29, 1.82) is 0 Å². The second-order valence-electron chi connectivity index (χ2n) is 5.84. The summed E-state index contributed by atoms with van der Waals surface area (Å²) in [6, 6.07) is 0. The van der Waals surface area contributed by atoms with Crippen LogP contribution in [0.5, 0.6) is 0 Å². The Morgan fingerprint density at radius 1 is 1.47 bits per heavy atom. The number of aromatic nitrogens is 2. The van der Waals surface area contributed by atoms with Gasteiger partial charge in [0.25, 0.3) is 5.91 Å². The molecule has 0 bridgehead atoms. The molecule has 1 saturated heterocycles. The zero-order valence-corrected chi connectivity index (χ0v) is 11.6. The van der Waals surface area contributed by atoms with Gasteiger partial charge in [-0.05, 0) is 38.0 Å². The van der Waals surface area contributed by atoms with E-state index in [1.165, 1.54) is 5.57 Å². The minimum Gasteiger partial charge on any atom is -0.338 e. The Hall–Kier alpha value is -1.58. The maximum Gasteiger partial charge on any atom is 0.257 e. The largest absolute Gasteiger partial charge is 0.338 e. The van der Waals surface area contributed by atoms with E-state index in [1.807, 2.05) is 11.8 Å². The molecule has 0 unspecified atom stereocenters. The number of carbonyl (C=O) groups is 1. The van der Waals surface area contributed by atoms with Gasteiger partial charge in [-0.15, -0.1) is 0 Å². The number of fused-ring (bicyclic) bond motifs is 1. The topological polar surface area (TPSA) is 49.0 Å². The lowest BCUT2D eigenvalue weighted by molar-refractivity contribution is 0.0783. The Morgan fingerprint density at radius 3 is 3.05 bits per heavy atom. The minimum atomic E-state index is 0.151. The molecule has 2 aliphatic rings. The average molecular weight is 259 g/mol. The highest BCUT2D eigenvalue weighted by Crippen LogP contribution is 2.36. The molecular weight excluding hydrogens is 238 g/mol. The predicted octanol–water partition coefficient (Wildman–Crippen LogP) is 2.40. The van der Waals surface area contributed by atoms with Crippen LogP contribution in [0.2, 0.25) is 0 Å². The van der Waals surface area contributed by atoms with Gasteiger partial charge in [0.1, 0.15) is 0 Å². The van der Waals surface area contributed by atoms with Gasteiger partial charge in [0.05, 0.1) is 11.8 Å². The molecular formula is C15H21N3O. The van der Waals surface area contributed by atoms with Gasteiger partial charge in [-0.2, -0.15) is 5.10 Å². The molecule has 2 heterocycles. The standard InChI is InChI=1S/C15H21N3O/c1-3-14-13(7-16-17-14)15(19)18-8-11-5-4-10(2)6-12(11)9-18/h4,7,11-12H,3,5-6,8-9H2,1-2H3,(H,16,17)/t11-,12+/m1/s1. The summed E-state index contributed by atoms with van der Waals surface area (Å²) in [5.41, 5.74) is 3.19. The predicted molar refractivity (Wildman–Crippen MR) is 73.8 cm³/mol. The highest BCUT2D eigenvalue weighted by molar-refractivity contribution is 5.95. The zero-order chi connectivity index (χ0) is 13.4.